The molecule has 1 rings (SSSR count). The zero-order chi connectivity index (χ0) is 12.8. The van der Waals surface area contributed by atoms with Crippen LogP contribution in [0.5, 0.6) is 0 Å². The fourth-order valence-corrected chi connectivity index (χ4v) is 1.17. The van der Waals surface area contributed by atoms with Crippen molar-refractivity contribution in [1.82, 2.24) is 0 Å². The molecule has 1 N–H and O–H groups in total. The largest absolute Gasteiger partial charge is 0.466 e. The van der Waals surface area contributed by atoms with E-state index in [2.05, 4.69) is 10.1 Å². The van der Waals surface area contributed by atoms with Gasteiger partial charge in [-0.2, -0.15) is 0 Å². The van der Waals surface area contributed by atoms with Gasteiger partial charge < -0.3 is 10.1 Å². The maximum absolute atomic E-state index is 10.9. The maximum Gasteiger partial charge on any atom is 0.332 e. The number of esters is 1. The van der Waals surface area contributed by atoms with Crippen LogP contribution < -0.4 is 5.32 Å². The van der Waals surface area contributed by atoms with E-state index in [4.69, 9.17) is 0 Å². The number of benzene rings is 1. The van der Waals surface area contributed by atoms with E-state index in [-0.39, 0.29) is 5.69 Å². The second-order valence-electron chi connectivity index (χ2n) is 3.28. The number of nitrogens with zero attached hydrogens (tertiary/aromatic N) is 1. The van der Waals surface area contributed by atoms with Gasteiger partial charge in [0.15, 0.2) is 0 Å². The van der Waals surface area contributed by atoms with E-state index < -0.39 is 10.9 Å². The molecule has 0 saturated heterocycles. The zero-order valence-corrected chi connectivity index (χ0v) is 9.47. The van der Waals surface area contributed by atoms with Crippen LogP contribution in [0.4, 0.5) is 11.4 Å². The van der Waals surface area contributed by atoms with Crippen molar-refractivity contribution in [3.05, 3.63) is 46.2 Å². The van der Waals surface area contributed by atoms with Crippen molar-refractivity contribution in [3.63, 3.8) is 0 Å². The number of nitro groups is 1. The summed E-state index contributed by atoms with van der Waals surface area (Å²) in [6, 6.07) is 5.89. The lowest BCUT2D eigenvalue weighted by molar-refractivity contribution is -0.384. The van der Waals surface area contributed by atoms with Crippen LogP contribution in [-0.2, 0) is 9.53 Å². The third kappa shape index (κ3) is 3.94. The Kier molecular flexibility index (Phi) is 4.21. The Morgan fingerprint density at radius 2 is 2.00 bits per heavy atom. The lowest BCUT2D eigenvalue weighted by Crippen LogP contribution is -2.02. The Morgan fingerprint density at radius 3 is 2.47 bits per heavy atom. The molecule has 0 aliphatic carbocycles. The van der Waals surface area contributed by atoms with Gasteiger partial charge in [0.05, 0.1) is 12.0 Å². The second kappa shape index (κ2) is 5.64. The third-order valence-electron chi connectivity index (χ3n) is 1.96. The molecule has 6 heteroatoms. The highest BCUT2D eigenvalue weighted by Crippen LogP contribution is 2.16. The number of methoxy groups -OCH3 is 1. The number of rotatable bonds is 4. The molecule has 0 saturated carbocycles. The first-order valence-corrected chi connectivity index (χ1v) is 4.80. The third-order valence-corrected chi connectivity index (χ3v) is 1.96. The summed E-state index contributed by atoms with van der Waals surface area (Å²) < 4.78 is 4.46. The molecular weight excluding hydrogens is 224 g/mol. The number of carbonyl (C=O) groups is 1. The molecule has 0 spiro atoms. The molecule has 6 nitrogen and oxygen atoms in total. The number of hydrogen-bond acceptors (Lipinski definition) is 5. The predicted octanol–water partition coefficient (Wildman–Crippen LogP) is 2.08. The highest BCUT2D eigenvalue weighted by atomic mass is 16.6. The number of carbonyl (C=O) groups excluding carboxylic acids is 1. The molecule has 0 radical (unpaired) electrons. The fourth-order valence-electron chi connectivity index (χ4n) is 1.17. The molecule has 0 fully saturated rings. The highest BCUT2D eigenvalue weighted by molar-refractivity contribution is 5.83. The van der Waals surface area contributed by atoms with Gasteiger partial charge in [0.1, 0.15) is 0 Å². The predicted molar refractivity (Wildman–Crippen MR) is 62.5 cm³/mol. The Balaban J connectivity index is 2.72. The molecule has 1 aromatic carbocycles. The maximum atomic E-state index is 10.9. The normalized spacial score (nSPS) is 10.8. The topological polar surface area (TPSA) is 81.5 Å². The minimum atomic E-state index is -0.471. The molecular formula is C11H12N2O4. The summed E-state index contributed by atoms with van der Waals surface area (Å²) in [7, 11) is 1.29. The molecule has 0 heterocycles. The van der Waals surface area contributed by atoms with Crippen LogP contribution in [0.15, 0.2) is 36.0 Å². The smallest absolute Gasteiger partial charge is 0.332 e. The summed E-state index contributed by atoms with van der Waals surface area (Å²) in [6.45, 7) is 1.69. The molecule has 0 aliphatic rings. The number of hydrogen-bond donors (Lipinski definition) is 1. The molecule has 0 atom stereocenters. The lowest BCUT2D eigenvalue weighted by Gasteiger charge is -2.05. The molecule has 0 bridgehead atoms. The molecule has 90 valence electrons. The monoisotopic (exact) mass is 236 g/mol. The summed E-state index contributed by atoms with van der Waals surface area (Å²) in [6.07, 6.45) is 1.29. The first kappa shape index (κ1) is 12.7. The van der Waals surface area contributed by atoms with E-state index >= 15 is 0 Å². The van der Waals surface area contributed by atoms with Crippen LogP contribution in [0, 0.1) is 10.1 Å². The van der Waals surface area contributed by atoms with Crippen LogP contribution in [0.1, 0.15) is 6.92 Å². The van der Waals surface area contributed by atoms with Gasteiger partial charge in [-0.05, 0) is 19.1 Å². The molecule has 1 aromatic rings. The van der Waals surface area contributed by atoms with Gasteiger partial charge in [-0.15, -0.1) is 0 Å². The van der Waals surface area contributed by atoms with E-state index in [0.29, 0.717) is 11.4 Å². The average Bonchev–Trinajstić information content (AvgIpc) is 2.29. The standard InChI is InChI=1S/C11H12N2O4/c1-8(7-11(14)17-2)12-9-3-5-10(6-4-9)13(15)16/h3-7,12H,1-2H3/b8-7-. The fraction of sp³-hybridized carbons (Fsp3) is 0.182. The van der Waals surface area contributed by atoms with Gasteiger partial charge in [-0.25, -0.2) is 4.79 Å². The average molecular weight is 236 g/mol. The Hall–Kier alpha value is -2.37. The number of anilines is 1. The van der Waals surface area contributed by atoms with Crippen molar-refractivity contribution in [2.24, 2.45) is 0 Å². The van der Waals surface area contributed by atoms with E-state index in [1.54, 1.807) is 19.1 Å². The van der Waals surface area contributed by atoms with E-state index in [0.717, 1.165) is 0 Å². The van der Waals surface area contributed by atoms with Crippen LogP contribution in [-0.4, -0.2) is 18.0 Å². The van der Waals surface area contributed by atoms with Gasteiger partial charge in [0.25, 0.3) is 5.69 Å². The number of nitrogens with one attached hydrogen (secondary N) is 1. The molecule has 0 aromatic heterocycles. The van der Waals surface area contributed by atoms with E-state index in [1.807, 2.05) is 0 Å². The van der Waals surface area contributed by atoms with Gasteiger partial charge >= 0.3 is 5.97 Å². The van der Waals surface area contributed by atoms with Crippen molar-refractivity contribution in [1.29, 1.82) is 0 Å². The Bertz CT molecular complexity index is 451. The number of allylic oxidation sites excluding steroid dienone is 1. The first-order valence-electron chi connectivity index (χ1n) is 4.80. The summed E-state index contributed by atoms with van der Waals surface area (Å²) in [5.41, 5.74) is 1.27. The summed E-state index contributed by atoms with van der Waals surface area (Å²) >= 11 is 0. The van der Waals surface area contributed by atoms with Crippen LogP contribution in [0.2, 0.25) is 0 Å². The van der Waals surface area contributed by atoms with Crippen molar-refractivity contribution >= 4 is 17.3 Å². The van der Waals surface area contributed by atoms with E-state index in [1.165, 1.54) is 25.3 Å². The van der Waals surface area contributed by atoms with Crippen molar-refractivity contribution in [3.8, 4) is 0 Å². The van der Waals surface area contributed by atoms with Gasteiger partial charge in [-0.3, -0.25) is 10.1 Å². The Labute approximate surface area is 98.0 Å². The highest BCUT2D eigenvalue weighted by Gasteiger charge is 2.04. The molecule has 0 unspecified atom stereocenters. The minimum absolute atomic E-state index is 0.0187. The van der Waals surface area contributed by atoms with Crippen LogP contribution >= 0.6 is 0 Å². The van der Waals surface area contributed by atoms with Crippen LogP contribution in [0.3, 0.4) is 0 Å². The second-order valence-corrected chi connectivity index (χ2v) is 3.28. The minimum Gasteiger partial charge on any atom is -0.466 e. The van der Waals surface area contributed by atoms with Gasteiger partial charge in [0, 0.05) is 29.6 Å². The molecule has 0 amide bonds. The lowest BCUT2D eigenvalue weighted by atomic mass is 10.2. The summed E-state index contributed by atoms with van der Waals surface area (Å²) in [5.74, 6) is -0.461. The number of non-ortho nitro benzene ring substituents is 1. The van der Waals surface area contributed by atoms with Gasteiger partial charge in [0.2, 0.25) is 0 Å². The Morgan fingerprint density at radius 1 is 1.41 bits per heavy atom. The molecule has 0 aliphatic heterocycles. The van der Waals surface area contributed by atoms with Gasteiger partial charge in [-0.1, -0.05) is 0 Å². The SMILES string of the molecule is COC(=O)/C=C(/C)Nc1ccc([N+](=O)[O-])cc1. The van der Waals surface area contributed by atoms with Crippen LogP contribution in [0.25, 0.3) is 0 Å². The van der Waals surface area contributed by atoms with Crippen molar-refractivity contribution in [2.75, 3.05) is 12.4 Å². The summed E-state index contributed by atoms with van der Waals surface area (Å²) in [5, 5.41) is 13.3. The van der Waals surface area contributed by atoms with Crippen molar-refractivity contribution < 1.29 is 14.5 Å². The number of ether oxygens (including phenoxy) is 1. The van der Waals surface area contributed by atoms with Crippen molar-refractivity contribution in [2.45, 2.75) is 6.92 Å². The molecule has 17 heavy (non-hydrogen) atoms. The zero-order valence-electron chi connectivity index (χ0n) is 9.47. The first-order chi connectivity index (χ1) is 8.02. The summed E-state index contributed by atoms with van der Waals surface area (Å²) in [4.78, 5) is 20.9. The number of nitro benzene ring substituents is 1. The quantitative estimate of drug-likeness (QED) is 0.374. The van der Waals surface area contributed by atoms with E-state index in [9.17, 15) is 14.9 Å².